The lowest BCUT2D eigenvalue weighted by Crippen LogP contribution is -2.27. The minimum atomic E-state index is -0.379. The lowest BCUT2D eigenvalue weighted by Gasteiger charge is -2.23. The summed E-state index contributed by atoms with van der Waals surface area (Å²) in [4.78, 5) is 18.4. The quantitative estimate of drug-likeness (QED) is 0.797. The maximum atomic E-state index is 11.8. The van der Waals surface area contributed by atoms with E-state index in [-0.39, 0.29) is 5.97 Å². The third kappa shape index (κ3) is 3.16. The predicted molar refractivity (Wildman–Crippen MR) is 75.3 cm³/mol. The molecule has 2 rings (SSSR count). The van der Waals surface area contributed by atoms with Gasteiger partial charge in [-0.3, -0.25) is 0 Å². The van der Waals surface area contributed by atoms with E-state index in [2.05, 4.69) is 16.8 Å². The molecule has 1 aromatic rings. The number of nitrogens with zero attached hydrogens (tertiary/aromatic N) is 2. The van der Waals surface area contributed by atoms with Crippen molar-refractivity contribution in [1.29, 1.82) is 0 Å². The predicted octanol–water partition coefficient (Wildman–Crippen LogP) is 2.22. The molecular weight excluding hydrogens is 242 g/mol. The number of esters is 1. The van der Waals surface area contributed by atoms with Gasteiger partial charge in [0.15, 0.2) is 0 Å². The van der Waals surface area contributed by atoms with Crippen LogP contribution in [0.25, 0.3) is 0 Å². The Hall–Kier alpha value is -1.78. The van der Waals surface area contributed by atoms with Gasteiger partial charge in [-0.05, 0) is 32.3 Å². The van der Waals surface area contributed by atoms with Crippen LogP contribution in [0.5, 0.6) is 0 Å². The maximum Gasteiger partial charge on any atom is 0.340 e. The molecule has 0 atom stereocenters. The second kappa shape index (κ2) is 5.91. The number of ether oxygens (including phenoxy) is 1. The SMILES string of the molecule is CCCN(c1cc(C(=O)OCC)c(N)cn1)C1CC1. The molecule has 0 spiro atoms. The first-order valence-corrected chi connectivity index (χ1v) is 6.86. The van der Waals surface area contributed by atoms with Crippen molar-refractivity contribution in [2.24, 2.45) is 0 Å². The molecule has 1 fully saturated rings. The number of carbonyl (C=O) groups is 1. The van der Waals surface area contributed by atoms with Gasteiger partial charge in [-0.2, -0.15) is 0 Å². The van der Waals surface area contributed by atoms with Crippen molar-refractivity contribution >= 4 is 17.5 Å². The fourth-order valence-corrected chi connectivity index (χ4v) is 2.11. The van der Waals surface area contributed by atoms with Crippen LogP contribution in [0.1, 0.15) is 43.5 Å². The second-order valence-corrected chi connectivity index (χ2v) is 4.77. The van der Waals surface area contributed by atoms with Crippen LogP contribution in [0.15, 0.2) is 12.3 Å². The Bertz CT molecular complexity index is 458. The molecule has 5 nitrogen and oxygen atoms in total. The summed E-state index contributed by atoms with van der Waals surface area (Å²) in [6.45, 7) is 5.21. The van der Waals surface area contributed by atoms with E-state index < -0.39 is 0 Å². The number of carbonyl (C=O) groups excluding carboxylic acids is 1. The van der Waals surface area contributed by atoms with Crippen LogP contribution in [0.4, 0.5) is 11.5 Å². The first kappa shape index (κ1) is 13.6. The Labute approximate surface area is 113 Å². The van der Waals surface area contributed by atoms with E-state index in [0.29, 0.717) is 23.9 Å². The van der Waals surface area contributed by atoms with E-state index in [1.807, 2.05) is 0 Å². The Morgan fingerprint density at radius 3 is 2.84 bits per heavy atom. The summed E-state index contributed by atoms with van der Waals surface area (Å²) in [5.74, 6) is 0.442. The summed E-state index contributed by atoms with van der Waals surface area (Å²) in [6, 6.07) is 2.31. The Morgan fingerprint density at radius 2 is 2.26 bits per heavy atom. The summed E-state index contributed by atoms with van der Waals surface area (Å²) in [5, 5.41) is 0. The van der Waals surface area contributed by atoms with Gasteiger partial charge < -0.3 is 15.4 Å². The highest BCUT2D eigenvalue weighted by atomic mass is 16.5. The van der Waals surface area contributed by atoms with Crippen molar-refractivity contribution in [3.63, 3.8) is 0 Å². The van der Waals surface area contributed by atoms with Crippen molar-refractivity contribution in [2.45, 2.75) is 39.2 Å². The zero-order valence-electron chi connectivity index (χ0n) is 11.6. The molecule has 5 heteroatoms. The number of anilines is 2. The molecule has 0 amide bonds. The standard InChI is InChI=1S/C14H21N3O2/c1-3-7-17(10-5-6-10)13-8-11(12(15)9-16-13)14(18)19-4-2/h8-10H,3-7,15H2,1-2H3. The Kier molecular flexibility index (Phi) is 4.24. The summed E-state index contributed by atoms with van der Waals surface area (Å²) in [6.07, 6.45) is 4.99. The third-order valence-corrected chi connectivity index (χ3v) is 3.16. The molecular formula is C14H21N3O2. The highest BCUT2D eigenvalue weighted by Gasteiger charge is 2.30. The minimum absolute atomic E-state index is 0.344. The van der Waals surface area contributed by atoms with Crippen molar-refractivity contribution in [1.82, 2.24) is 4.98 Å². The van der Waals surface area contributed by atoms with Crippen LogP contribution < -0.4 is 10.6 Å². The molecule has 0 aromatic carbocycles. The van der Waals surface area contributed by atoms with E-state index in [4.69, 9.17) is 10.5 Å². The molecule has 0 aliphatic heterocycles. The second-order valence-electron chi connectivity index (χ2n) is 4.77. The van der Waals surface area contributed by atoms with Crippen LogP contribution in [0.3, 0.4) is 0 Å². The van der Waals surface area contributed by atoms with Crippen LogP contribution in [-0.2, 0) is 4.74 Å². The smallest absolute Gasteiger partial charge is 0.340 e. The maximum absolute atomic E-state index is 11.8. The van der Waals surface area contributed by atoms with E-state index in [1.54, 1.807) is 19.2 Å². The Morgan fingerprint density at radius 1 is 1.53 bits per heavy atom. The fourth-order valence-electron chi connectivity index (χ4n) is 2.11. The summed E-state index contributed by atoms with van der Waals surface area (Å²) in [7, 11) is 0. The molecule has 1 aromatic heterocycles. The minimum Gasteiger partial charge on any atom is -0.462 e. The van der Waals surface area contributed by atoms with Gasteiger partial charge in [0, 0.05) is 12.6 Å². The summed E-state index contributed by atoms with van der Waals surface area (Å²) < 4.78 is 5.01. The number of pyridine rings is 1. The van der Waals surface area contributed by atoms with Crippen LogP contribution >= 0.6 is 0 Å². The van der Waals surface area contributed by atoms with E-state index >= 15 is 0 Å². The number of rotatable bonds is 6. The van der Waals surface area contributed by atoms with Crippen LogP contribution in [-0.4, -0.2) is 30.1 Å². The molecule has 0 saturated heterocycles. The van der Waals surface area contributed by atoms with Gasteiger partial charge in [0.1, 0.15) is 5.82 Å². The van der Waals surface area contributed by atoms with Crippen molar-refractivity contribution in [2.75, 3.05) is 23.8 Å². The highest BCUT2D eigenvalue weighted by molar-refractivity contribution is 5.95. The molecule has 0 bridgehead atoms. The van der Waals surface area contributed by atoms with Gasteiger partial charge in [0.2, 0.25) is 0 Å². The van der Waals surface area contributed by atoms with Gasteiger partial charge >= 0.3 is 5.97 Å². The molecule has 19 heavy (non-hydrogen) atoms. The van der Waals surface area contributed by atoms with Gasteiger partial charge in [-0.25, -0.2) is 9.78 Å². The van der Waals surface area contributed by atoms with E-state index in [1.165, 1.54) is 12.8 Å². The van der Waals surface area contributed by atoms with Crippen LogP contribution in [0, 0.1) is 0 Å². The molecule has 1 saturated carbocycles. The number of aromatic nitrogens is 1. The summed E-state index contributed by atoms with van der Waals surface area (Å²) in [5.41, 5.74) is 6.59. The normalized spacial score (nSPS) is 14.2. The molecule has 1 heterocycles. The number of nitrogen functional groups attached to an aromatic ring is 1. The monoisotopic (exact) mass is 263 g/mol. The van der Waals surface area contributed by atoms with E-state index in [9.17, 15) is 4.79 Å². The zero-order valence-corrected chi connectivity index (χ0v) is 11.6. The van der Waals surface area contributed by atoms with Gasteiger partial charge in [0.25, 0.3) is 0 Å². The highest BCUT2D eigenvalue weighted by Crippen LogP contribution is 2.31. The van der Waals surface area contributed by atoms with Gasteiger partial charge in [0.05, 0.1) is 24.1 Å². The fraction of sp³-hybridized carbons (Fsp3) is 0.571. The zero-order chi connectivity index (χ0) is 13.8. The van der Waals surface area contributed by atoms with Gasteiger partial charge in [-0.15, -0.1) is 0 Å². The number of hydrogen-bond donors (Lipinski definition) is 1. The summed E-state index contributed by atoms with van der Waals surface area (Å²) >= 11 is 0. The van der Waals surface area contributed by atoms with E-state index in [0.717, 1.165) is 18.8 Å². The first-order chi connectivity index (χ1) is 9.17. The Balaban J connectivity index is 2.25. The molecule has 0 unspecified atom stereocenters. The van der Waals surface area contributed by atoms with Gasteiger partial charge in [-0.1, -0.05) is 6.92 Å². The average Bonchev–Trinajstić information content (AvgIpc) is 3.21. The average molecular weight is 263 g/mol. The van der Waals surface area contributed by atoms with Crippen molar-refractivity contribution in [3.05, 3.63) is 17.8 Å². The van der Waals surface area contributed by atoms with Crippen LogP contribution in [0.2, 0.25) is 0 Å². The topological polar surface area (TPSA) is 68.5 Å². The molecule has 1 aliphatic carbocycles. The van der Waals surface area contributed by atoms with Crippen molar-refractivity contribution in [3.8, 4) is 0 Å². The third-order valence-electron chi connectivity index (χ3n) is 3.16. The molecule has 2 N–H and O–H groups in total. The lowest BCUT2D eigenvalue weighted by atomic mass is 10.2. The lowest BCUT2D eigenvalue weighted by molar-refractivity contribution is 0.0527. The largest absolute Gasteiger partial charge is 0.462 e. The molecule has 104 valence electrons. The first-order valence-electron chi connectivity index (χ1n) is 6.86. The van der Waals surface area contributed by atoms with Crippen molar-refractivity contribution < 1.29 is 9.53 Å². The molecule has 0 radical (unpaired) electrons. The molecule has 1 aliphatic rings. The number of nitrogens with two attached hydrogens (primary N) is 1. The number of hydrogen-bond acceptors (Lipinski definition) is 5.